The number of carbonyl (C=O) groups is 3. The van der Waals surface area contributed by atoms with Gasteiger partial charge in [-0.15, -0.1) is 0 Å². The zero-order chi connectivity index (χ0) is 18.8. The molecular weight excluding hydrogens is 348 g/mol. The fourth-order valence-electron chi connectivity index (χ4n) is 4.65. The number of likely N-dealkylation sites (tertiary alicyclic amines) is 1. The molecule has 1 saturated carbocycles. The van der Waals surface area contributed by atoms with Crippen LogP contribution >= 0.6 is 0 Å². The van der Waals surface area contributed by atoms with Gasteiger partial charge in [-0.25, -0.2) is 0 Å². The number of furan rings is 1. The van der Waals surface area contributed by atoms with E-state index in [0.717, 1.165) is 12.8 Å². The van der Waals surface area contributed by atoms with E-state index >= 15 is 0 Å². The summed E-state index contributed by atoms with van der Waals surface area (Å²) >= 11 is 0. The van der Waals surface area contributed by atoms with E-state index in [4.69, 9.17) is 9.15 Å². The van der Waals surface area contributed by atoms with Crippen molar-refractivity contribution in [1.82, 2.24) is 10.2 Å². The number of hydrogen-bond donors (Lipinski definition) is 1. The van der Waals surface area contributed by atoms with Gasteiger partial charge < -0.3 is 19.4 Å². The summed E-state index contributed by atoms with van der Waals surface area (Å²) in [4.78, 5) is 39.6. The fourth-order valence-corrected chi connectivity index (χ4v) is 4.65. The van der Waals surface area contributed by atoms with Crippen LogP contribution in [0.2, 0.25) is 0 Å². The number of nitrogens with zero attached hydrogens (tertiary/aromatic N) is 1. The van der Waals surface area contributed by atoms with Crippen molar-refractivity contribution in [3.8, 4) is 0 Å². The quantitative estimate of drug-likeness (QED) is 0.851. The average molecular weight is 374 g/mol. The highest BCUT2D eigenvalue weighted by Gasteiger charge is 2.48. The van der Waals surface area contributed by atoms with Crippen LogP contribution in [-0.4, -0.2) is 53.8 Å². The van der Waals surface area contributed by atoms with Gasteiger partial charge in [0.25, 0.3) is 5.91 Å². The number of hydrogen-bond acceptors (Lipinski definition) is 5. The number of amides is 2. The maximum Gasteiger partial charge on any atom is 0.255 e. The van der Waals surface area contributed by atoms with Gasteiger partial charge in [0.2, 0.25) is 5.91 Å². The molecule has 146 valence electrons. The van der Waals surface area contributed by atoms with Crippen LogP contribution in [0.1, 0.15) is 55.3 Å². The predicted molar refractivity (Wildman–Crippen MR) is 96.0 cm³/mol. The smallest absolute Gasteiger partial charge is 0.255 e. The van der Waals surface area contributed by atoms with Gasteiger partial charge in [0, 0.05) is 6.54 Å². The van der Waals surface area contributed by atoms with E-state index in [0.29, 0.717) is 30.9 Å². The van der Waals surface area contributed by atoms with Crippen molar-refractivity contribution >= 4 is 17.6 Å². The Balaban J connectivity index is 1.50. The predicted octanol–water partition coefficient (Wildman–Crippen LogP) is 1.92. The summed E-state index contributed by atoms with van der Waals surface area (Å²) in [6.45, 7) is 0.580. The minimum Gasteiger partial charge on any atom is -0.472 e. The molecular formula is C20H26N2O5. The van der Waals surface area contributed by atoms with E-state index in [-0.39, 0.29) is 30.3 Å². The van der Waals surface area contributed by atoms with E-state index < -0.39 is 12.1 Å². The van der Waals surface area contributed by atoms with E-state index in [1.54, 1.807) is 11.0 Å². The van der Waals surface area contributed by atoms with Crippen molar-refractivity contribution in [2.75, 3.05) is 13.2 Å². The van der Waals surface area contributed by atoms with Gasteiger partial charge >= 0.3 is 0 Å². The van der Waals surface area contributed by atoms with Crippen molar-refractivity contribution in [3.05, 3.63) is 24.2 Å². The molecule has 1 N–H and O–H groups in total. The molecule has 4 rings (SSSR count). The molecule has 0 bridgehead atoms. The van der Waals surface area contributed by atoms with Crippen LogP contribution in [0.15, 0.2) is 23.0 Å². The van der Waals surface area contributed by atoms with Crippen LogP contribution in [0.5, 0.6) is 0 Å². The Labute approximate surface area is 158 Å². The fraction of sp³-hybridized carbons (Fsp3) is 0.650. The van der Waals surface area contributed by atoms with Crippen molar-refractivity contribution < 1.29 is 23.5 Å². The molecule has 1 aliphatic carbocycles. The largest absolute Gasteiger partial charge is 0.472 e. The molecule has 27 heavy (non-hydrogen) atoms. The second-order valence-electron chi connectivity index (χ2n) is 7.86. The summed E-state index contributed by atoms with van der Waals surface area (Å²) in [5, 5.41) is 2.90. The van der Waals surface area contributed by atoms with E-state index in [2.05, 4.69) is 5.32 Å². The maximum atomic E-state index is 13.3. The van der Waals surface area contributed by atoms with Crippen LogP contribution in [-0.2, 0) is 14.3 Å². The Morgan fingerprint density at radius 2 is 2.04 bits per heavy atom. The van der Waals surface area contributed by atoms with Gasteiger partial charge in [-0.1, -0.05) is 32.1 Å². The molecule has 3 heterocycles. The van der Waals surface area contributed by atoms with Crippen LogP contribution in [0.4, 0.5) is 0 Å². The lowest BCUT2D eigenvalue weighted by atomic mass is 9.84. The number of ketones is 1. The first kappa shape index (κ1) is 18.2. The van der Waals surface area contributed by atoms with E-state index in [1.807, 2.05) is 0 Å². The summed E-state index contributed by atoms with van der Waals surface area (Å²) in [7, 11) is 0. The molecule has 3 atom stereocenters. The van der Waals surface area contributed by atoms with Crippen LogP contribution < -0.4 is 5.32 Å². The molecule has 3 fully saturated rings. The molecule has 2 amide bonds. The zero-order valence-electron chi connectivity index (χ0n) is 15.4. The maximum absolute atomic E-state index is 13.3. The summed E-state index contributed by atoms with van der Waals surface area (Å²) in [6, 6.07) is 0.470. The number of Topliss-reactive ketones (excluding diaryl/α,β-unsaturated/α-hetero) is 1. The Morgan fingerprint density at radius 1 is 1.22 bits per heavy atom. The Hall–Kier alpha value is -2.15. The highest BCUT2D eigenvalue weighted by Crippen LogP contribution is 2.31. The summed E-state index contributed by atoms with van der Waals surface area (Å²) in [5.41, 5.74) is 0.399. The third kappa shape index (κ3) is 3.78. The van der Waals surface area contributed by atoms with Gasteiger partial charge in [-0.05, 0) is 24.8 Å². The monoisotopic (exact) mass is 374 g/mol. The lowest BCUT2D eigenvalue weighted by Gasteiger charge is -2.31. The van der Waals surface area contributed by atoms with Gasteiger partial charge in [0.1, 0.15) is 25.0 Å². The summed E-state index contributed by atoms with van der Waals surface area (Å²) in [6.07, 6.45) is 9.64. The van der Waals surface area contributed by atoms with Crippen LogP contribution in [0, 0.1) is 5.92 Å². The number of nitrogens with one attached hydrogen (secondary N) is 1. The van der Waals surface area contributed by atoms with Crippen molar-refractivity contribution in [3.63, 3.8) is 0 Å². The Kier molecular flexibility index (Phi) is 5.29. The third-order valence-corrected chi connectivity index (χ3v) is 6.08. The first-order chi connectivity index (χ1) is 13.1. The highest BCUT2D eigenvalue weighted by molar-refractivity contribution is 5.99. The highest BCUT2D eigenvalue weighted by atomic mass is 16.5. The first-order valence-electron chi connectivity index (χ1n) is 9.91. The summed E-state index contributed by atoms with van der Waals surface area (Å²) in [5.74, 6) is -0.0962. The molecule has 0 spiro atoms. The minimum atomic E-state index is -0.623. The number of carbonyl (C=O) groups excluding carboxylic acids is 3. The molecule has 0 aromatic carbocycles. The molecule has 1 aromatic rings. The number of ether oxygens (including phenoxy) is 1. The van der Waals surface area contributed by atoms with Crippen LogP contribution in [0.25, 0.3) is 0 Å². The second kappa shape index (κ2) is 7.84. The number of rotatable bonds is 5. The van der Waals surface area contributed by atoms with Gasteiger partial charge in [-0.2, -0.15) is 0 Å². The SMILES string of the molecule is O=C(N[C@@H](CC1CCCCC1)C(=O)N1CCC2OCC(=O)C21)c1ccoc1. The Bertz CT molecular complexity index is 695. The molecule has 1 aromatic heterocycles. The molecule has 2 saturated heterocycles. The topological polar surface area (TPSA) is 88.9 Å². The third-order valence-electron chi connectivity index (χ3n) is 6.08. The van der Waals surface area contributed by atoms with E-state index in [1.165, 1.54) is 31.8 Å². The molecule has 2 unspecified atom stereocenters. The van der Waals surface area contributed by atoms with Gasteiger partial charge in [0.15, 0.2) is 5.78 Å². The van der Waals surface area contributed by atoms with Gasteiger partial charge in [0.05, 0.1) is 17.9 Å². The lowest BCUT2D eigenvalue weighted by Crippen LogP contribution is -2.52. The zero-order valence-corrected chi connectivity index (χ0v) is 15.4. The second-order valence-corrected chi connectivity index (χ2v) is 7.86. The van der Waals surface area contributed by atoms with Crippen molar-refractivity contribution in [2.45, 2.75) is 63.1 Å². The van der Waals surface area contributed by atoms with Crippen LogP contribution in [0.3, 0.4) is 0 Å². The van der Waals surface area contributed by atoms with Gasteiger partial charge in [-0.3, -0.25) is 14.4 Å². The molecule has 2 aliphatic heterocycles. The average Bonchev–Trinajstić information content (AvgIpc) is 3.41. The normalized spacial score (nSPS) is 26.8. The van der Waals surface area contributed by atoms with Crippen molar-refractivity contribution in [2.24, 2.45) is 5.92 Å². The first-order valence-corrected chi connectivity index (χ1v) is 9.91. The van der Waals surface area contributed by atoms with Crippen molar-refractivity contribution in [1.29, 1.82) is 0 Å². The molecule has 0 radical (unpaired) electrons. The standard InChI is InChI=1S/C20H26N2O5/c23-16-12-27-17-6-8-22(18(16)17)20(25)15(10-13-4-2-1-3-5-13)21-19(24)14-7-9-26-11-14/h7,9,11,13,15,17-18H,1-6,8,10,12H2,(H,21,24)/t15-,17?,18?/m0/s1. The minimum absolute atomic E-state index is 0.0385. The molecule has 3 aliphatic rings. The lowest BCUT2D eigenvalue weighted by molar-refractivity contribution is -0.138. The summed E-state index contributed by atoms with van der Waals surface area (Å²) < 4.78 is 10.5. The molecule has 7 nitrogen and oxygen atoms in total. The van der Waals surface area contributed by atoms with E-state index in [9.17, 15) is 14.4 Å². The number of fused-ring (bicyclic) bond motifs is 1. The Morgan fingerprint density at radius 3 is 2.78 bits per heavy atom. The molecule has 7 heteroatoms.